The number of amides is 2. The van der Waals surface area contributed by atoms with Crippen LogP contribution in [0.4, 0.5) is 5.69 Å². The molecule has 0 aliphatic carbocycles. The summed E-state index contributed by atoms with van der Waals surface area (Å²) in [5.74, 6) is -0.580. The number of benzene rings is 2. The van der Waals surface area contributed by atoms with Crippen LogP contribution in [0.3, 0.4) is 0 Å². The molecule has 0 aliphatic rings. The second kappa shape index (κ2) is 13.1. The summed E-state index contributed by atoms with van der Waals surface area (Å²) in [6.45, 7) is 4.05. The Bertz CT molecular complexity index is 1100. The van der Waals surface area contributed by atoms with Gasteiger partial charge in [-0.1, -0.05) is 55.2 Å². The molecule has 0 unspecified atom stereocenters. The van der Waals surface area contributed by atoms with Crippen LogP contribution in [-0.4, -0.2) is 51.0 Å². The zero-order valence-corrected chi connectivity index (χ0v) is 22.9. The Morgan fingerprint density at radius 2 is 1.63 bits per heavy atom. The number of rotatable bonds is 12. The number of aryl methyl sites for hydroxylation is 1. The van der Waals surface area contributed by atoms with E-state index in [2.05, 4.69) is 5.32 Å². The van der Waals surface area contributed by atoms with E-state index < -0.39 is 16.1 Å². The zero-order valence-electron chi connectivity index (χ0n) is 20.6. The quantitative estimate of drug-likeness (QED) is 0.423. The molecule has 2 aromatic rings. The molecule has 0 aromatic heterocycles. The van der Waals surface area contributed by atoms with Gasteiger partial charge in [0, 0.05) is 42.2 Å². The van der Waals surface area contributed by atoms with Gasteiger partial charge < -0.3 is 10.2 Å². The predicted octanol–water partition coefficient (Wildman–Crippen LogP) is 4.66. The molecule has 0 saturated carbocycles. The highest BCUT2D eigenvalue weighted by atomic mass is 35.5. The smallest absolute Gasteiger partial charge is 0.242 e. The van der Waals surface area contributed by atoms with Crippen molar-refractivity contribution >= 4 is 50.7 Å². The molecule has 0 spiro atoms. The van der Waals surface area contributed by atoms with Gasteiger partial charge in [0.15, 0.2) is 0 Å². The molecule has 10 heteroatoms. The van der Waals surface area contributed by atoms with Crippen LogP contribution in [0.15, 0.2) is 42.5 Å². The molecule has 0 aliphatic heterocycles. The first-order valence-electron chi connectivity index (χ1n) is 11.5. The van der Waals surface area contributed by atoms with Crippen LogP contribution >= 0.6 is 23.2 Å². The lowest BCUT2D eigenvalue weighted by molar-refractivity contribution is -0.141. The number of nitrogens with one attached hydrogen (secondary N) is 1. The number of halogens is 2. The minimum absolute atomic E-state index is 0.0502. The number of sulfonamides is 1. The van der Waals surface area contributed by atoms with Crippen LogP contribution < -0.4 is 9.62 Å². The fraction of sp³-hybridized carbons (Fsp3) is 0.440. The Hall–Kier alpha value is -2.29. The van der Waals surface area contributed by atoms with E-state index in [1.165, 1.54) is 16.3 Å². The van der Waals surface area contributed by atoms with Crippen LogP contribution in [-0.2, 0) is 32.6 Å². The van der Waals surface area contributed by atoms with Crippen LogP contribution in [0.2, 0.25) is 10.0 Å². The van der Waals surface area contributed by atoms with Gasteiger partial charge in [-0.05, 0) is 49.1 Å². The fourth-order valence-electron chi connectivity index (χ4n) is 3.84. The first-order chi connectivity index (χ1) is 16.5. The Morgan fingerprint density at radius 3 is 2.11 bits per heavy atom. The molecular weight excluding hydrogens is 509 g/mol. The van der Waals surface area contributed by atoms with E-state index in [1.54, 1.807) is 30.3 Å². The standard InChI is InChI=1S/C25H33Cl2N3O4S/c1-5-18-12-14-19(15-13-18)30(35(4,33)34)16-8-11-24(31)29(23(6-2)25(32)28-3)17-20-21(26)9-7-10-22(20)27/h7,9-10,12-15,23H,5-6,8,11,16-17H2,1-4H3,(H,28,32)/t23-/m0/s1. The molecule has 2 aromatic carbocycles. The third-order valence-corrected chi connectivity index (χ3v) is 7.71. The van der Waals surface area contributed by atoms with Crippen molar-refractivity contribution in [2.75, 3.05) is 24.2 Å². The van der Waals surface area contributed by atoms with Gasteiger partial charge in [0.25, 0.3) is 0 Å². The average molecular weight is 543 g/mol. The van der Waals surface area contributed by atoms with Gasteiger partial charge >= 0.3 is 0 Å². The van der Waals surface area contributed by atoms with Gasteiger partial charge in [0.05, 0.1) is 11.9 Å². The van der Waals surface area contributed by atoms with E-state index in [0.29, 0.717) is 27.7 Å². The molecular formula is C25H33Cl2N3O4S. The minimum Gasteiger partial charge on any atom is -0.357 e. The maximum Gasteiger partial charge on any atom is 0.242 e. The summed E-state index contributed by atoms with van der Waals surface area (Å²) in [7, 11) is -2.03. The molecule has 2 rings (SSSR count). The topological polar surface area (TPSA) is 86.8 Å². The molecule has 0 fully saturated rings. The van der Waals surface area contributed by atoms with Crippen molar-refractivity contribution in [3.8, 4) is 0 Å². The number of carbonyl (C=O) groups is 2. The highest BCUT2D eigenvalue weighted by Gasteiger charge is 2.29. The van der Waals surface area contributed by atoms with Gasteiger partial charge in [-0.25, -0.2) is 8.42 Å². The lowest BCUT2D eigenvalue weighted by Gasteiger charge is -2.31. The predicted molar refractivity (Wildman–Crippen MR) is 142 cm³/mol. The van der Waals surface area contributed by atoms with Crippen LogP contribution in [0.25, 0.3) is 0 Å². The highest BCUT2D eigenvalue weighted by Crippen LogP contribution is 2.27. The third-order valence-electron chi connectivity index (χ3n) is 5.81. The van der Waals surface area contributed by atoms with E-state index in [4.69, 9.17) is 23.2 Å². The van der Waals surface area contributed by atoms with Crippen molar-refractivity contribution in [2.24, 2.45) is 0 Å². The summed E-state index contributed by atoms with van der Waals surface area (Å²) < 4.78 is 26.2. The number of hydrogen-bond donors (Lipinski definition) is 1. The zero-order chi connectivity index (χ0) is 26.2. The molecule has 7 nitrogen and oxygen atoms in total. The van der Waals surface area contributed by atoms with Crippen molar-refractivity contribution in [2.45, 2.75) is 52.1 Å². The molecule has 35 heavy (non-hydrogen) atoms. The maximum atomic E-state index is 13.3. The van der Waals surface area contributed by atoms with Crippen molar-refractivity contribution in [3.05, 3.63) is 63.6 Å². The normalized spacial score (nSPS) is 12.2. The second-order valence-corrected chi connectivity index (χ2v) is 10.9. The van der Waals surface area contributed by atoms with Gasteiger partial charge in [-0.15, -0.1) is 0 Å². The maximum absolute atomic E-state index is 13.3. The minimum atomic E-state index is -3.54. The summed E-state index contributed by atoms with van der Waals surface area (Å²) in [5, 5.41) is 3.41. The van der Waals surface area contributed by atoms with Crippen LogP contribution in [0.5, 0.6) is 0 Å². The van der Waals surface area contributed by atoms with Gasteiger partial charge in [0.2, 0.25) is 21.8 Å². The molecule has 0 bridgehead atoms. The number of likely N-dealkylation sites (N-methyl/N-ethyl adjacent to an activating group) is 1. The Labute approximate surface area is 218 Å². The van der Waals surface area contributed by atoms with E-state index in [-0.39, 0.29) is 37.7 Å². The van der Waals surface area contributed by atoms with E-state index in [0.717, 1.165) is 18.2 Å². The second-order valence-electron chi connectivity index (χ2n) is 8.22. The number of nitrogens with zero attached hydrogens (tertiary/aromatic N) is 2. The summed E-state index contributed by atoms with van der Waals surface area (Å²) in [4.78, 5) is 27.3. The third kappa shape index (κ3) is 7.85. The lowest BCUT2D eigenvalue weighted by Crippen LogP contribution is -2.48. The van der Waals surface area contributed by atoms with E-state index in [9.17, 15) is 18.0 Å². The molecule has 0 saturated heterocycles. The number of anilines is 1. The average Bonchev–Trinajstić information content (AvgIpc) is 2.82. The number of carbonyl (C=O) groups excluding carboxylic acids is 2. The molecule has 2 amide bonds. The van der Waals surface area contributed by atoms with E-state index in [1.807, 2.05) is 26.0 Å². The van der Waals surface area contributed by atoms with Crippen molar-refractivity contribution in [3.63, 3.8) is 0 Å². The molecule has 1 atom stereocenters. The summed E-state index contributed by atoms with van der Waals surface area (Å²) in [6.07, 6.45) is 2.72. The van der Waals surface area contributed by atoms with Crippen LogP contribution in [0, 0.1) is 0 Å². The van der Waals surface area contributed by atoms with Gasteiger partial charge in [-0.3, -0.25) is 13.9 Å². The first kappa shape index (κ1) is 28.9. The van der Waals surface area contributed by atoms with Crippen molar-refractivity contribution in [1.29, 1.82) is 0 Å². The van der Waals surface area contributed by atoms with Crippen LogP contribution in [0.1, 0.15) is 44.2 Å². The Morgan fingerprint density at radius 1 is 1.03 bits per heavy atom. The Kier molecular flexibility index (Phi) is 10.9. The largest absolute Gasteiger partial charge is 0.357 e. The monoisotopic (exact) mass is 541 g/mol. The van der Waals surface area contributed by atoms with Gasteiger partial charge in [0.1, 0.15) is 6.04 Å². The molecule has 192 valence electrons. The van der Waals surface area contributed by atoms with Crippen molar-refractivity contribution < 1.29 is 18.0 Å². The molecule has 0 radical (unpaired) electrons. The Balaban J connectivity index is 2.23. The summed E-state index contributed by atoms with van der Waals surface area (Å²) in [6, 6.07) is 11.7. The van der Waals surface area contributed by atoms with Crippen molar-refractivity contribution in [1.82, 2.24) is 10.2 Å². The SMILES string of the molecule is CCc1ccc(N(CCCC(=O)N(Cc2c(Cl)cccc2Cl)[C@@H](CC)C(=O)NC)S(C)(=O)=O)cc1. The number of hydrogen-bond acceptors (Lipinski definition) is 4. The molecule has 1 N–H and O–H groups in total. The lowest BCUT2D eigenvalue weighted by atomic mass is 10.1. The summed E-state index contributed by atoms with van der Waals surface area (Å²) >= 11 is 12.7. The fourth-order valence-corrected chi connectivity index (χ4v) is 5.32. The highest BCUT2D eigenvalue weighted by molar-refractivity contribution is 7.92. The van der Waals surface area contributed by atoms with E-state index >= 15 is 0 Å². The van der Waals surface area contributed by atoms with Gasteiger partial charge in [-0.2, -0.15) is 0 Å². The molecule has 0 heterocycles. The first-order valence-corrected chi connectivity index (χ1v) is 14.1. The summed E-state index contributed by atoms with van der Waals surface area (Å²) in [5.41, 5.74) is 2.21.